The molecule has 4 nitrogen and oxygen atoms in total. The number of aliphatic hydroxyl groups is 2. The zero-order chi connectivity index (χ0) is 10.1. The second kappa shape index (κ2) is 3.64. The van der Waals surface area contributed by atoms with Crippen LogP contribution < -0.4 is 0 Å². The van der Waals surface area contributed by atoms with Gasteiger partial charge < -0.3 is 15.1 Å². The fourth-order valence-corrected chi connectivity index (χ4v) is 1.30. The number of aliphatic hydroxyl groups excluding tert-OH is 1. The molecule has 76 valence electrons. The summed E-state index contributed by atoms with van der Waals surface area (Å²) in [7, 11) is 0. The summed E-state index contributed by atoms with van der Waals surface area (Å²) in [6.45, 7) is 3.23. The quantitative estimate of drug-likeness (QED) is 0.637. The average molecular weight is 187 g/mol. The summed E-state index contributed by atoms with van der Waals surface area (Å²) in [5.41, 5.74) is -1.32. The van der Waals surface area contributed by atoms with Crippen LogP contribution in [-0.2, 0) is 4.79 Å². The minimum absolute atomic E-state index is 0.0433. The molecule has 0 saturated heterocycles. The van der Waals surface area contributed by atoms with Crippen LogP contribution in [0.2, 0.25) is 0 Å². The molecule has 1 aliphatic carbocycles. The van der Waals surface area contributed by atoms with Gasteiger partial charge in [0.15, 0.2) is 0 Å². The van der Waals surface area contributed by atoms with E-state index in [-0.39, 0.29) is 18.6 Å². The molecule has 4 heteroatoms. The zero-order valence-electron chi connectivity index (χ0n) is 8.16. The Kier molecular flexibility index (Phi) is 2.93. The molecule has 1 amide bonds. The number of rotatable bonds is 4. The summed E-state index contributed by atoms with van der Waals surface area (Å²) in [6.07, 6.45) is 1.98. The molecule has 13 heavy (non-hydrogen) atoms. The van der Waals surface area contributed by atoms with E-state index in [2.05, 4.69) is 0 Å². The molecule has 0 spiro atoms. The van der Waals surface area contributed by atoms with Crippen molar-refractivity contribution in [2.75, 3.05) is 13.2 Å². The van der Waals surface area contributed by atoms with E-state index in [4.69, 9.17) is 5.11 Å². The maximum Gasteiger partial charge on any atom is 0.254 e. The number of hydrogen-bond acceptors (Lipinski definition) is 3. The van der Waals surface area contributed by atoms with E-state index in [1.165, 1.54) is 13.8 Å². The Bertz CT molecular complexity index is 194. The van der Waals surface area contributed by atoms with Crippen molar-refractivity contribution in [3.63, 3.8) is 0 Å². The highest BCUT2D eigenvalue weighted by Gasteiger charge is 2.37. The smallest absolute Gasteiger partial charge is 0.254 e. The fraction of sp³-hybridized carbons (Fsp3) is 0.889. The van der Waals surface area contributed by atoms with Crippen LogP contribution >= 0.6 is 0 Å². The average Bonchev–Trinajstić information content (AvgIpc) is 2.79. The Morgan fingerprint density at radius 1 is 1.54 bits per heavy atom. The fourth-order valence-electron chi connectivity index (χ4n) is 1.30. The summed E-state index contributed by atoms with van der Waals surface area (Å²) in [5, 5.41) is 18.2. The first kappa shape index (κ1) is 10.5. The minimum atomic E-state index is -1.32. The minimum Gasteiger partial charge on any atom is -0.395 e. The Morgan fingerprint density at radius 3 is 2.38 bits per heavy atom. The lowest BCUT2D eigenvalue weighted by Gasteiger charge is -2.27. The first-order valence-corrected chi connectivity index (χ1v) is 4.61. The SMILES string of the molecule is CC(C)(O)C(=O)N(CCO)C1CC1. The van der Waals surface area contributed by atoms with Crippen LogP contribution in [0.1, 0.15) is 26.7 Å². The highest BCUT2D eigenvalue weighted by molar-refractivity contribution is 5.84. The lowest BCUT2D eigenvalue weighted by Crippen LogP contribution is -2.47. The molecule has 0 aromatic carbocycles. The standard InChI is InChI=1S/C9H17NO3/c1-9(2,13)8(12)10(5-6-11)7-3-4-7/h7,11,13H,3-6H2,1-2H3. The maximum absolute atomic E-state index is 11.6. The molecule has 1 fully saturated rings. The molecular weight excluding hydrogens is 170 g/mol. The van der Waals surface area contributed by atoms with Gasteiger partial charge in [0, 0.05) is 12.6 Å². The summed E-state index contributed by atoms with van der Waals surface area (Å²) in [6, 6.07) is 0.242. The van der Waals surface area contributed by atoms with Gasteiger partial charge in [-0.05, 0) is 26.7 Å². The van der Waals surface area contributed by atoms with Gasteiger partial charge in [0.1, 0.15) is 5.60 Å². The Hall–Kier alpha value is -0.610. The van der Waals surface area contributed by atoms with Gasteiger partial charge in [-0.1, -0.05) is 0 Å². The highest BCUT2D eigenvalue weighted by atomic mass is 16.3. The molecule has 0 radical (unpaired) electrons. The van der Waals surface area contributed by atoms with Gasteiger partial charge in [0.2, 0.25) is 0 Å². The van der Waals surface area contributed by atoms with E-state index >= 15 is 0 Å². The number of nitrogens with zero attached hydrogens (tertiary/aromatic N) is 1. The molecular formula is C9H17NO3. The van der Waals surface area contributed by atoms with Gasteiger partial charge >= 0.3 is 0 Å². The number of carbonyl (C=O) groups excluding carboxylic acids is 1. The molecule has 0 unspecified atom stereocenters. The van der Waals surface area contributed by atoms with E-state index in [1.54, 1.807) is 4.90 Å². The van der Waals surface area contributed by atoms with Crippen LogP contribution in [0.15, 0.2) is 0 Å². The number of amides is 1. The largest absolute Gasteiger partial charge is 0.395 e. The first-order chi connectivity index (χ1) is 5.96. The molecule has 0 bridgehead atoms. The van der Waals surface area contributed by atoms with E-state index in [9.17, 15) is 9.90 Å². The molecule has 0 aromatic heterocycles. The molecule has 2 N–H and O–H groups in total. The van der Waals surface area contributed by atoms with Crippen LogP contribution in [0.25, 0.3) is 0 Å². The van der Waals surface area contributed by atoms with E-state index < -0.39 is 5.60 Å². The van der Waals surface area contributed by atoms with E-state index in [0.29, 0.717) is 6.54 Å². The van der Waals surface area contributed by atoms with Crippen molar-refractivity contribution in [3.05, 3.63) is 0 Å². The van der Waals surface area contributed by atoms with Crippen molar-refractivity contribution >= 4 is 5.91 Å². The lowest BCUT2D eigenvalue weighted by molar-refractivity contribution is -0.149. The highest BCUT2D eigenvalue weighted by Crippen LogP contribution is 2.28. The van der Waals surface area contributed by atoms with Gasteiger partial charge in [-0.25, -0.2) is 0 Å². The third kappa shape index (κ3) is 2.67. The molecule has 0 aromatic rings. The van der Waals surface area contributed by atoms with Gasteiger partial charge in [0.25, 0.3) is 5.91 Å². The molecule has 1 aliphatic rings. The Labute approximate surface area is 78.2 Å². The summed E-state index contributed by atoms with van der Waals surface area (Å²) >= 11 is 0. The Balaban J connectivity index is 2.58. The van der Waals surface area contributed by atoms with Gasteiger partial charge in [-0.15, -0.1) is 0 Å². The van der Waals surface area contributed by atoms with Gasteiger partial charge in [0.05, 0.1) is 6.61 Å². The molecule has 1 saturated carbocycles. The van der Waals surface area contributed by atoms with Gasteiger partial charge in [-0.2, -0.15) is 0 Å². The summed E-state index contributed by atoms with van der Waals surface area (Å²) in [4.78, 5) is 13.2. The number of carbonyl (C=O) groups is 1. The predicted octanol–water partition coefficient (Wildman–Crippen LogP) is -0.259. The first-order valence-electron chi connectivity index (χ1n) is 4.61. The number of hydrogen-bond donors (Lipinski definition) is 2. The molecule has 1 rings (SSSR count). The van der Waals surface area contributed by atoms with Crippen molar-refractivity contribution in [3.8, 4) is 0 Å². The van der Waals surface area contributed by atoms with Crippen LogP contribution in [0.3, 0.4) is 0 Å². The monoisotopic (exact) mass is 187 g/mol. The topological polar surface area (TPSA) is 60.8 Å². The molecule has 0 atom stereocenters. The lowest BCUT2D eigenvalue weighted by atomic mass is 10.1. The van der Waals surface area contributed by atoms with Crippen molar-refractivity contribution < 1.29 is 15.0 Å². The van der Waals surface area contributed by atoms with Gasteiger partial charge in [-0.3, -0.25) is 4.79 Å². The van der Waals surface area contributed by atoms with Crippen LogP contribution in [-0.4, -0.2) is 45.8 Å². The van der Waals surface area contributed by atoms with Crippen molar-refractivity contribution in [2.24, 2.45) is 0 Å². The van der Waals surface area contributed by atoms with Crippen molar-refractivity contribution in [1.82, 2.24) is 4.90 Å². The summed E-state index contributed by atoms with van der Waals surface area (Å²) < 4.78 is 0. The van der Waals surface area contributed by atoms with Crippen molar-refractivity contribution in [1.29, 1.82) is 0 Å². The van der Waals surface area contributed by atoms with E-state index in [0.717, 1.165) is 12.8 Å². The third-order valence-corrected chi connectivity index (χ3v) is 2.11. The van der Waals surface area contributed by atoms with Crippen LogP contribution in [0.4, 0.5) is 0 Å². The second-order valence-electron chi connectivity index (χ2n) is 4.01. The third-order valence-electron chi connectivity index (χ3n) is 2.11. The predicted molar refractivity (Wildman–Crippen MR) is 48.1 cm³/mol. The summed E-state index contributed by atoms with van der Waals surface area (Å²) in [5.74, 6) is -0.288. The Morgan fingerprint density at radius 2 is 2.08 bits per heavy atom. The second-order valence-corrected chi connectivity index (χ2v) is 4.01. The van der Waals surface area contributed by atoms with Crippen LogP contribution in [0.5, 0.6) is 0 Å². The zero-order valence-corrected chi connectivity index (χ0v) is 8.16. The normalized spacial score (nSPS) is 17.2. The maximum atomic E-state index is 11.6. The van der Waals surface area contributed by atoms with Crippen LogP contribution in [0, 0.1) is 0 Å². The molecule has 0 aliphatic heterocycles. The molecule has 0 heterocycles. The van der Waals surface area contributed by atoms with E-state index in [1.807, 2.05) is 0 Å². The van der Waals surface area contributed by atoms with Crippen molar-refractivity contribution in [2.45, 2.75) is 38.3 Å².